The van der Waals surface area contributed by atoms with Crippen LogP contribution < -0.4 is 29.4 Å². The predicted octanol–water partition coefficient (Wildman–Crippen LogP) is 3.04. The summed E-state index contributed by atoms with van der Waals surface area (Å²) in [5, 5.41) is 17.3. The van der Waals surface area contributed by atoms with Crippen molar-refractivity contribution in [2.75, 3.05) is 21.0 Å². The second kappa shape index (κ2) is 7.18. The number of hydrogen-bond donors (Lipinski definition) is 2. The Labute approximate surface area is 177 Å². The fourth-order valence-electron chi connectivity index (χ4n) is 3.97. The molecule has 2 aliphatic heterocycles. The standard InChI is InChI=1S/C22H18N4O5/c1-27-15-5-3-4-12(20(15)28-2)17-13(9-23)21(24)31-22-18(17)19(25-26-22)11-6-7-14-16(8-11)30-10-29-14/h3-8,17H,10,24H2,1-2H3,(H,25,26)/t17-/m0/s1. The third kappa shape index (κ3) is 2.80. The SMILES string of the molecule is COc1cccc([C@H]2C(C#N)=C(N)Oc3n[nH]c(-c4ccc5c(c4)OCO5)c32)c1OC. The van der Waals surface area contributed by atoms with E-state index in [0.717, 1.165) is 5.56 Å². The molecule has 3 N–H and O–H groups in total. The zero-order valence-electron chi connectivity index (χ0n) is 16.8. The third-order valence-corrected chi connectivity index (χ3v) is 5.34. The van der Waals surface area contributed by atoms with Gasteiger partial charge in [0, 0.05) is 11.1 Å². The monoisotopic (exact) mass is 418 g/mol. The van der Waals surface area contributed by atoms with Gasteiger partial charge in [-0.15, -0.1) is 5.10 Å². The topological polar surface area (TPSA) is 125 Å². The van der Waals surface area contributed by atoms with E-state index in [1.165, 1.54) is 0 Å². The number of benzene rings is 2. The number of H-pyrrole nitrogens is 1. The lowest BCUT2D eigenvalue weighted by atomic mass is 9.82. The van der Waals surface area contributed by atoms with Crippen molar-refractivity contribution >= 4 is 0 Å². The molecule has 2 aliphatic rings. The van der Waals surface area contributed by atoms with Gasteiger partial charge in [-0.05, 0) is 24.3 Å². The van der Waals surface area contributed by atoms with E-state index in [4.69, 9.17) is 29.4 Å². The van der Waals surface area contributed by atoms with Gasteiger partial charge in [0.1, 0.15) is 11.6 Å². The lowest BCUT2D eigenvalue weighted by Gasteiger charge is -2.26. The van der Waals surface area contributed by atoms with E-state index in [2.05, 4.69) is 16.3 Å². The average Bonchev–Trinajstić information content (AvgIpc) is 3.43. The van der Waals surface area contributed by atoms with Crippen LogP contribution in [0, 0.1) is 11.3 Å². The summed E-state index contributed by atoms with van der Waals surface area (Å²) in [7, 11) is 3.11. The molecule has 0 unspecified atom stereocenters. The minimum Gasteiger partial charge on any atom is -0.493 e. The molecule has 0 radical (unpaired) electrons. The Morgan fingerprint density at radius 1 is 1.16 bits per heavy atom. The number of rotatable bonds is 4. The molecule has 5 rings (SSSR count). The normalized spacial score (nSPS) is 16.4. The molecule has 3 heterocycles. The first-order valence-electron chi connectivity index (χ1n) is 9.43. The number of methoxy groups -OCH3 is 2. The van der Waals surface area contributed by atoms with Crippen LogP contribution in [0.15, 0.2) is 47.9 Å². The van der Waals surface area contributed by atoms with E-state index in [1.54, 1.807) is 20.3 Å². The number of hydrogen-bond acceptors (Lipinski definition) is 8. The molecule has 31 heavy (non-hydrogen) atoms. The highest BCUT2D eigenvalue weighted by Gasteiger charge is 2.38. The van der Waals surface area contributed by atoms with Crippen LogP contribution in [0.1, 0.15) is 17.0 Å². The summed E-state index contributed by atoms with van der Waals surface area (Å²) in [5.41, 5.74) is 9.17. The van der Waals surface area contributed by atoms with Crippen molar-refractivity contribution in [2.45, 2.75) is 5.92 Å². The van der Waals surface area contributed by atoms with Gasteiger partial charge in [0.05, 0.1) is 31.4 Å². The maximum Gasteiger partial charge on any atom is 0.244 e. The number of aromatic amines is 1. The van der Waals surface area contributed by atoms with Crippen molar-refractivity contribution in [1.82, 2.24) is 10.2 Å². The molecule has 3 aromatic rings. The number of ether oxygens (including phenoxy) is 5. The molecule has 9 heteroatoms. The van der Waals surface area contributed by atoms with E-state index in [-0.39, 0.29) is 18.2 Å². The Hall–Kier alpha value is -4.32. The number of para-hydroxylation sites is 1. The molecule has 0 amide bonds. The van der Waals surface area contributed by atoms with Gasteiger partial charge in [-0.3, -0.25) is 5.10 Å². The molecule has 0 spiro atoms. The van der Waals surface area contributed by atoms with Gasteiger partial charge in [-0.25, -0.2) is 0 Å². The fourth-order valence-corrected chi connectivity index (χ4v) is 3.97. The maximum absolute atomic E-state index is 9.93. The molecule has 2 aromatic carbocycles. The lowest BCUT2D eigenvalue weighted by Crippen LogP contribution is -2.21. The van der Waals surface area contributed by atoms with Crippen molar-refractivity contribution in [2.24, 2.45) is 5.73 Å². The van der Waals surface area contributed by atoms with Gasteiger partial charge in [0.2, 0.25) is 18.6 Å². The molecule has 0 aliphatic carbocycles. The average molecular weight is 418 g/mol. The highest BCUT2D eigenvalue weighted by molar-refractivity contribution is 5.74. The highest BCUT2D eigenvalue weighted by Crippen LogP contribution is 2.50. The lowest BCUT2D eigenvalue weighted by molar-refractivity contribution is 0.174. The van der Waals surface area contributed by atoms with Gasteiger partial charge in [0.25, 0.3) is 0 Å². The molecular formula is C22H18N4O5. The molecule has 156 valence electrons. The first-order chi connectivity index (χ1) is 15.2. The summed E-state index contributed by atoms with van der Waals surface area (Å²) in [6.07, 6.45) is 0. The number of nitrogens with zero attached hydrogens (tertiary/aromatic N) is 2. The number of aromatic nitrogens is 2. The van der Waals surface area contributed by atoms with Gasteiger partial charge in [-0.1, -0.05) is 12.1 Å². The van der Waals surface area contributed by atoms with Crippen LogP contribution in [0.2, 0.25) is 0 Å². The first kappa shape index (κ1) is 18.7. The number of nitrogens with one attached hydrogen (secondary N) is 1. The molecule has 0 bridgehead atoms. The van der Waals surface area contributed by atoms with E-state index < -0.39 is 5.92 Å². The van der Waals surface area contributed by atoms with E-state index in [9.17, 15) is 5.26 Å². The molecule has 1 atom stereocenters. The summed E-state index contributed by atoms with van der Waals surface area (Å²) in [5.74, 6) is 2.04. The van der Waals surface area contributed by atoms with E-state index >= 15 is 0 Å². The molecule has 0 saturated heterocycles. The van der Waals surface area contributed by atoms with Crippen molar-refractivity contribution < 1.29 is 23.7 Å². The Morgan fingerprint density at radius 2 is 2.00 bits per heavy atom. The smallest absolute Gasteiger partial charge is 0.244 e. The molecule has 0 saturated carbocycles. The molecular weight excluding hydrogens is 400 g/mol. The summed E-state index contributed by atoms with van der Waals surface area (Å²) in [4.78, 5) is 0. The molecule has 1 aromatic heterocycles. The van der Waals surface area contributed by atoms with E-state index in [1.807, 2.05) is 30.3 Å². The summed E-state index contributed by atoms with van der Waals surface area (Å²) < 4.78 is 27.7. The Morgan fingerprint density at radius 3 is 2.77 bits per heavy atom. The number of nitriles is 1. The van der Waals surface area contributed by atoms with Crippen LogP contribution in [0.3, 0.4) is 0 Å². The second-order valence-corrected chi connectivity index (χ2v) is 6.89. The second-order valence-electron chi connectivity index (χ2n) is 6.89. The Kier molecular flexibility index (Phi) is 4.33. The van der Waals surface area contributed by atoms with Crippen LogP contribution in [0.25, 0.3) is 11.3 Å². The minimum absolute atomic E-state index is 0.00592. The Bertz CT molecular complexity index is 1260. The zero-order chi connectivity index (χ0) is 21.5. The maximum atomic E-state index is 9.93. The van der Waals surface area contributed by atoms with Crippen LogP contribution in [-0.2, 0) is 0 Å². The Balaban J connectivity index is 1.74. The summed E-state index contributed by atoms with van der Waals surface area (Å²) in [6.45, 7) is 0.171. The van der Waals surface area contributed by atoms with Crippen LogP contribution in [-0.4, -0.2) is 31.2 Å². The van der Waals surface area contributed by atoms with Crippen molar-refractivity contribution in [3.05, 3.63) is 59.0 Å². The number of fused-ring (bicyclic) bond motifs is 2. The predicted molar refractivity (Wildman–Crippen MR) is 109 cm³/mol. The van der Waals surface area contributed by atoms with Gasteiger partial charge in [0.15, 0.2) is 23.0 Å². The van der Waals surface area contributed by atoms with Gasteiger partial charge < -0.3 is 29.4 Å². The van der Waals surface area contributed by atoms with Gasteiger partial charge in [-0.2, -0.15) is 5.26 Å². The fraction of sp³-hybridized carbons (Fsp3) is 0.182. The van der Waals surface area contributed by atoms with Crippen molar-refractivity contribution in [3.8, 4) is 46.2 Å². The summed E-state index contributed by atoms with van der Waals surface area (Å²) >= 11 is 0. The quantitative estimate of drug-likeness (QED) is 0.662. The van der Waals surface area contributed by atoms with Crippen molar-refractivity contribution in [3.63, 3.8) is 0 Å². The minimum atomic E-state index is -0.585. The largest absolute Gasteiger partial charge is 0.493 e. The van der Waals surface area contributed by atoms with Crippen molar-refractivity contribution in [1.29, 1.82) is 5.26 Å². The third-order valence-electron chi connectivity index (χ3n) is 5.34. The number of allylic oxidation sites excluding steroid dienone is 1. The van der Waals surface area contributed by atoms with Crippen LogP contribution >= 0.6 is 0 Å². The molecule has 0 fully saturated rings. The van der Waals surface area contributed by atoms with Crippen LogP contribution in [0.5, 0.6) is 28.9 Å². The zero-order valence-corrected chi connectivity index (χ0v) is 16.8. The van der Waals surface area contributed by atoms with Gasteiger partial charge >= 0.3 is 0 Å². The van der Waals surface area contributed by atoms with E-state index in [0.29, 0.717) is 45.7 Å². The number of nitrogens with two attached hydrogens (primary N) is 1. The molecule has 9 nitrogen and oxygen atoms in total. The van der Waals surface area contributed by atoms with Crippen LogP contribution in [0.4, 0.5) is 0 Å². The highest BCUT2D eigenvalue weighted by atomic mass is 16.7. The first-order valence-corrected chi connectivity index (χ1v) is 9.43. The summed E-state index contributed by atoms with van der Waals surface area (Å²) in [6, 6.07) is 13.2.